The minimum atomic E-state index is 0.536. The highest BCUT2D eigenvalue weighted by molar-refractivity contribution is 9.10. The van der Waals surface area contributed by atoms with Crippen LogP contribution in [0.2, 0.25) is 0 Å². The third kappa shape index (κ3) is 3.62. The Morgan fingerprint density at radius 3 is 2.60 bits per heavy atom. The van der Waals surface area contributed by atoms with E-state index in [-0.39, 0.29) is 0 Å². The first-order chi connectivity index (χ1) is 7.19. The van der Waals surface area contributed by atoms with E-state index in [1.54, 1.807) is 0 Å². The molecule has 0 radical (unpaired) electrons. The Labute approximate surface area is 101 Å². The van der Waals surface area contributed by atoms with Gasteiger partial charge in [0.25, 0.3) is 0 Å². The van der Waals surface area contributed by atoms with E-state index >= 15 is 0 Å². The number of benzene rings is 1. The molecule has 0 aliphatic carbocycles. The van der Waals surface area contributed by atoms with Crippen molar-refractivity contribution in [2.24, 2.45) is 0 Å². The lowest BCUT2D eigenvalue weighted by molar-refractivity contribution is 0.460. The van der Waals surface area contributed by atoms with Gasteiger partial charge in [0.15, 0.2) is 0 Å². The molecule has 0 bridgehead atoms. The molecular formula is C13H20BrN. The van der Waals surface area contributed by atoms with Gasteiger partial charge in [0.05, 0.1) is 0 Å². The molecule has 84 valence electrons. The van der Waals surface area contributed by atoms with Gasteiger partial charge in [-0.15, -0.1) is 0 Å². The second kappa shape index (κ2) is 6.29. The Morgan fingerprint density at radius 1 is 1.33 bits per heavy atom. The van der Waals surface area contributed by atoms with Gasteiger partial charge in [-0.25, -0.2) is 0 Å². The first-order valence-corrected chi connectivity index (χ1v) is 6.47. The van der Waals surface area contributed by atoms with E-state index in [0.29, 0.717) is 12.0 Å². The van der Waals surface area contributed by atoms with Crippen LogP contribution in [0.5, 0.6) is 0 Å². The zero-order valence-electron chi connectivity index (χ0n) is 9.76. The van der Waals surface area contributed by atoms with Crippen LogP contribution >= 0.6 is 15.9 Å². The standard InChI is InChI=1S/C13H20BrN/c1-4-13(10(3)15-5-2)11-7-6-8-12(14)9-11/h6-10,13,15H,4-5H2,1-3H3. The van der Waals surface area contributed by atoms with Gasteiger partial charge in [-0.2, -0.15) is 0 Å². The van der Waals surface area contributed by atoms with Crippen molar-refractivity contribution in [3.05, 3.63) is 34.3 Å². The largest absolute Gasteiger partial charge is 0.314 e. The van der Waals surface area contributed by atoms with Crippen LogP contribution in [0.3, 0.4) is 0 Å². The molecule has 1 aromatic carbocycles. The average molecular weight is 270 g/mol. The molecule has 1 N–H and O–H groups in total. The highest BCUT2D eigenvalue weighted by Crippen LogP contribution is 2.25. The van der Waals surface area contributed by atoms with Gasteiger partial charge >= 0.3 is 0 Å². The predicted molar refractivity (Wildman–Crippen MR) is 70.3 cm³/mol. The summed E-state index contributed by atoms with van der Waals surface area (Å²) in [6, 6.07) is 9.17. The summed E-state index contributed by atoms with van der Waals surface area (Å²) in [6.45, 7) is 7.70. The van der Waals surface area contributed by atoms with E-state index in [4.69, 9.17) is 0 Å². The number of likely N-dealkylation sites (N-methyl/N-ethyl adjacent to an activating group) is 1. The minimum Gasteiger partial charge on any atom is -0.314 e. The van der Waals surface area contributed by atoms with Crippen LogP contribution in [0, 0.1) is 0 Å². The zero-order valence-corrected chi connectivity index (χ0v) is 11.3. The maximum atomic E-state index is 3.53. The Hall–Kier alpha value is -0.340. The first-order valence-electron chi connectivity index (χ1n) is 5.67. The molecule has 0 aliphatic heterocycles. The van der Waals surface area contributed by atoms with E-state index in [1.165, 1.54) is 16.5 Å². The second-order valence-electron chi connectivity index (χ2n) is 3.92. The van der Waals surface area contributed by atoms with Crippen molar-refractivity contribution in [3.63, 3.8) is 0 Å². The fraction of sp³-hybridized carbons (Fsp3) is 0.538. The van der Waals surface area contributed by atoms with Gasteiger partial charge in [0.2, 0.25) is 0 Å². The summed E-state index contributed by atoms with van der Waals surface area (Å²) in [5.41, 5.74) is 1.42. The number of hydrogen-bond donors (Lipinski definition) is 1. The molecule has 0 spiro atoms. The van der Waals surface area contributed by atoms with Crippen LogP contribution in [-0.4, -0.2) is 12.6 Å². The molecular weight excluding hydrogens is 250 g/mol. The number of nitrogens with one attached hydrogen (secondary N) is 1. The lowest BCUT2D eigenvalue weighted by Gasteiger charge is -2.24. The van der Waals surface area contributed by atoms with Crippen molar-refractivity contribution < 1.29 is 0 Å². The molecule has 0 amide bonds. The van der Waals surface area contributed by atoms with Crippen molar-refractivity contribution in [1.29, 1.82) is 0 Å². The third-order valence-electron chi connectivity index (χ3n) is 2.85. The summed E-state index contributed by atoms with van der Waals surface area (Å²) in [5.74, 6) is 0.599. The van der Waals surface area contributed by atoms with Crippen LogP contribution in [0.25, 0.3) is 0 Å². The Kier molecular flexibility index (Phi) is 5.34. The van der Waals surface area contributed by atoms with E-state index in [0.717, 1.165) is 6.54 Å². The Bertz CT molecular complexity index is 298. The van der Waals surface area contributed by atoms with Gasteiger partial charge in [-0.1, -0.05) is 41.9 Å². The molecule has 0 aliphatic rings. The van der Waals surface area contributed by atoms with Crippen molar-refractivity contribution in [2.45, 2.75) is 39.2 Å². The molecule has 0 fully saturated rings. The normalized spacial score (nSPS) is 14.9. The van der Waals surface area contributed by atoms with E-state index in [1.807, 2.05) is 0 Å². The monoisotopic (exact) mass is 269 g/mol. The SMILES string of the molecule is CCNC(C)C(CC)c1cccc(Br)c1. The van der Waals surface area contributed by atoms with Gasteiger partial charge in [-0.3, -0.25) is 0 Å². The maximum absolute atomic E-state index is 3.53. The first kappa shape index (κ1) is 12.7. The molecule has 1 rings (SSSR count). The number of rotatable bonds is 5. The number of halogens is 1. The number of hydrogen-bond acceptors (Lipinski definition) is 1. The molecule has 1 nitrogen and oxygen atoms in total. The Morgan fingerprint density at radius 2 is 2.07 bits per heavy atom. The molecule has 0 saturated carbocycles. The van der Waals surface area contributed by atoms with Crippen molar-refractivity contribution in [2.75, 3.05) is 6.54 Å². The smallest absolute Gasteiger partial charge is 0.0178 e. The molecule has 2 heteroatoms. The van der Waals surface area contributed by atoms with Gasteiger partial charge in [-0.05, 0) is 43.5 Å². The fourth-order valence-electron chi connectivity index (χ4n) is 2.08. The van der Waals surface area contributed by atoms with Crippen molar-refractivity contribution in [1.82, 2.24) is 5.32 Å². The molecule has 2 atom stereocenters. The van der Waals surface area contributed by atoms with Crippen LogP contribution < -0.4 is 5.32 Å². The van der Waals surface area contributed by atoms with Gasteiger partial charge < -0.3 is 5.32 Å². The molecule has 2 unspecified atom stereocenters. The highest BCUT2D eigenvalue weighted by atomic mass is 79.9. The van der Waals surface area contributed by atoms with Crippen molar-refractivity contribution in [3.8, 4) is 0 Å². The average Bonchev–Trinajstić information content (AvgIpc) is 2.19. The van der Waals surface area contributed by atoms with Gasteiger partial charge in [0.1, 0.15) is 0 Å². The van der Waals surface area contributed by atoms with Crippen LogP contribution in [0.15, 0.2) is 28.7 Å². The lowest BCUT2D eigenvalue weighted by Crippen LogP contribution is -2.31. The summed E-state index contributed by atoms with van der Waals surface area (Å²) in [7, 11) is 0. The molecule has 0 aromatic heterocycles. The molecule has 1 aromatic rings. The van der Waals surface area contributed by atoms with E-state index < -0.39 is 0 Å². The van der Waals surface area contributed by atoms with E-state index in [9.17, 15) is 0 Å². The summed E-state index contributed by atoms with van der Waals surface area (Å²) in [4.78, 5) is 0. The summed E-state index contributed by atoms with van der Waals surface area (Å²) < 4.78 is 1.17. The van der Waals surface area contributed by atoms with Crippen LogP contribution in [0.1, 0.15) is 38.7 Å². The Balaban J connectivity index is 2.82. The summed E-state index contributed by atoms with van der Waals surface area (Å²) in [6.07, 6.45) is 1.17. The van der Waals surface area contributed by atoms with Crippen molar-refractivity contribution >= 4 is 15.9 Å². The summed E-state index contributed by atoms with van der Waals surface area (Å²) in [5, 5.41) is 3.50. The third-order valence-corrected chi connectivity index (χ3v) is 3.34. The molecule has 15 heavy (non-hydrogen) atoms. The highest BCUT2D eigenvalue weighted by Gasteiger charge is 2.16. The molecule has 0 heterocycles. The fourth-order valence-corrected chi connectivity index (χ4v) is 2.50. The van der Waals surface area contributed by atoms with Crippen LogP contribution in [-0.2, 0) is 0 Å². The second-order valence-corrected chi connectivity index (χ2v) is 4.83. The zero-order chi connectivity index (χ0) is 11.3. The summed E-state index contributed by atoms with van der Waals surface area (Å²) >= 11 is 3.53. The quantitative estimate of drug-likeness (QED) is 0.854. The molecule has 0 saturated heterocycles. The predicted octanol–water partition coefficient (Wildman–Crippen LogP) is 3.94. The topological polar surface area (TPSA) is 12.0 Å². The minimum absolute atomic E-state index is 0.536. The van der Waals surface area contributed by atoms with Gasteiger partial charge in [0, 0.05) is 10.5 Å². The maximum Gasteiger partial charge on any atom is 0.0178 e. The van der Waals surface area contributed by atoms with Crippen LogP contribution in [0.4, 0.5) is 0 Å². The van der Waals surface area contributed by atoms with E-state index in [2.05, 4.69) is 66.3 Å². The lowest BCUT2D eigenvalue weighted by atomic mass is 9.90.